The highest BCUT2D eigenvalue weighted by Gasteiger charge is 2.24. The fourth-order valence-electron chi connectivity index (χ4n) is 2.82. The summed E-state index contributed by atoms with van der Waals surface area (Å²) in [5.74, 6) is 0.304. The van der Waals surface area contributed by atoms with Gasteiger partial charge in [0.1, 0.15) is 5.01 Å². The number of nitrogens with zero attached hydrogens (tertiary/aromatic N) is 3. The molecule has 0 N–H and O–H groups in total. The zero-order chi connectivity index (χ0) is 18.7. The summed E-state index contributed by atoms with van der Waals surface area (Å²) in [4.78, 5) is 14.9. The summed E-state index contributed by atoms with van der Waals surface area (Å²) in [6.45, 7) is 8.82. The second kappa shape index (κ2) is 7.79. The Kier molecular flexibility index (Phi) is 5.47. The average molecular weight is 366 g/mol. The summed E-state index contributed by atoms with van der Waals surface area (Å²) in [5, 5.41) is 10.2. The van der Waals surface area contributed by atoms with Crippen LogP contribution in [0.1, 0.15) is 35.3 Å². The van der Waals surface area contributed by atoms with Crippen LogP contribution >= 0.6 is 11.3 Å². The van der Waals surface area contributed by atoms with E-state index in [2.05, 4.69) is 37.0 Å². The average Bonchev–Trinajstić information content (AvgIpc) is 3.09. The van der Waals surface area contributed by atoms with E-state index >= 15 is 0 Å². The SMILES string of the molecule is Cc1ccccc1C(=O)N(CC(C)C)c1nnc(-c2ccccc2C)s1. The van der Waals surface area contributed by atoms with Crippen LogP contribution in [-0.2, 0) is 0 Å². The second-order valence-corrected chi connectivity index (χ2v) is 7.79. The van der Waals surface area contributed by atoms with Crippen molar-refractivity contribution in [3.05, 3.63) is 65.2 Å². The van der Waals surface area contributed by atoms with Gasteiger partial charge in [-0.2, -0.15) is 0 Å². The lowest BCUT2D eigenvalue weighted by Crippen LogP contribution is -2.34. The Labute approximate surface area is 158 Å². The topological polar surface area (TPSA) is 46.1 Å². The largest absolute Gasteiger partial charge is 0.282 e. The van der Waals surface area contributed by atoms with E-state index in [1.165, 1.54) is 11.3 Å². The minimum atomic E-state index is -0.0238. The van der Waals surface area contributed by atoms with E-state index in [-0.39, 0.29) is 5.91 Å². The highest BCUT2D eigenvalue weighted by Crippen LogP contribution is 2.32. The quantitative estimate of drug-likeness (QED) is 0.630. The van der Waals surface area contributed by atoms with Gasteiger partial charge in [-0.25, -0.2) is 0 Å². The van der Waals surface area contributed by atoms with Crippen molar-refractivity contribution >= 4 is 22.4 Å². The molecular formula is C21H23N3OS. The molecule has 0 aliphatic rings. The number of anilines is 1. The van der Waals surface area contributed by atoms with Crippen LogP contribution in [0.15, 0.2) is 48.5 Å². The van der Waals surface area contributed by atoms with Gasteiger partial charge in [0, 0.05) is 17.7 Å². The van der Waals surface area contributed by atoms with Crippen molar-refractivity contribution in [2.24, 2.45) is 5.92 Å². The summed E-state index contributed by atoms with van der Waals surface area (Å²) in [6.07, 6.45) is 0. The Bertz CT molecular complexity index is 917. The van der Waals surface area contributed by atoms with Crippen molar-refractivity contribution in [1.29, 1.82) is 0 Å². The maximum absolute atomic E-state index is 13.2. The van der Waals surface area contributed by atoms with E-state index in [4.69, 9.17) is 0 Å². The molecule has 0 atom stereocenters. The number of aryl methyl sites for hydroxylation is 2. The van der Waals surface area contributed by atoms with Crippen molar-refractivity contribution in [3.8, 4) is 10.6 Å². The van der Waals surface area contributed by atoms with Crippen LogP contribution < -0.4 is 4.90 Å². The van der Waals surface area contributed by atoms with Crippen LogP contribution in [-0.4, -0.2) is 22.6 Å². The third-order valence-electron chi connectivity index (χ3n) is 4.19. The molecule has 0 spiro atoms. The number of benzene rings is 2. The Morgan fingerprint density at radius 2 is 1.65 bits per heavy atom. The first-order valence-electron chi connectivity index (χ1n) is 8.74. The first kappa shape index (κ1) is 18.3. The normalized spacial score (nSPS) is 11.0. The van der Waals surface area contributed by atoms with Crippen molar-refractivity contribution in [2.45, 2.75) is 27.7 Å². The van der Waals surface area contributed by atoms with E-state index in [1.807, 2.05) is 49.4 Å². The number of aromatic nitrogens is 2. The third kappa shape index (κ3) is 3.83. The Morgan fingerprint density at radius 1 is 1.00 bits per heavy atom. The fraction of sp³-hybridized carbons (Fsp3) is 0.286. The third-order valence-corrected chi connectivity index (χ3v) is 5.17. The van der Waals surface area contributed by atoms with Crippen LogP contribution in [0.3, 0.4) is 0 Å². The van der Waals surface area contributed by atoms with Crippen LogP contribution in [0.5, 0.6) is 0 Å². The molecule has 3 aromatic rings. The summed E-state index contributed by atoms with van der Waals surface area (Å²) in [7, 11) is 0. The van der Waals surface area contributed by atoms with E-state index in [0.717, 1.165) is 21.7 Å². The lowest BCUT2D eigenvalue weighted by atomic mass is 10.1. The fourth-order valence-corrected chi connectivity index (χ4v) is 3.76. The van der Waals surface area contributed by atoms with Gasteiger partial charge in [-0.3, -0.25) is 9.69 Å². The van der Waals surface area contributed by atoms with E-state index in [9.17, 15) is 4.79 Å². The highest BCUT2D eigenvalue weighted by molar-refractivity contribution is 7.18. The number of carbonyl (C=O) groups is 1. The van der Waals surface area contributed by atoms with Gasteiger partial charge in [-0.05, 0) is 37.0 Å². The van der Waals surface area contributed by atoms with Crippen molar-refractivity contribution in [1.82, 2.24) is 10.2 Å². The maximum atomic E-state index is 13.2. The zero-order valence-corrected chi connectivity index (χ0v) is 16.4. The molecule has 0 radical (unpaired) electrons. The minimum absolute atomic E-state index is 0.0238. The molecule has 1 amide bonds. The Hall–Kier alpha value is -2.53. The molecule has 0 unspecified atom stereocenters. The van der Waals surface area contributed by atoms with Crippen molar-refractivity contribution in [2.75, 3.05) is 11.4 Å². The number of hydrogen-bond acceptors (Lipinski definition) is 4. The predicted octanol–water partition coefficient (Wildman–Crippen LogP) is 5.12. The lowest BCUT2D eigenvalue weighted by Gasteiger charge is -2.22. The number of rotatable bonds is 5. The van der Waals surface area contributed by atoms with Gasteiger partial charge in [-0.1, -0.05) is 67.6 Å². The molecule has 3 rings (SSSR count). The Morgan fingerprint density at radius 3 is 2.31 bits per heavy atom. The summed E-state index contributed by atoms with van der Waals surface area (Å²) >= 11 is 1.46. The van der Waals surface area contributed by atoms with Gasteiger partial charge in [0.2, 0.25) is 5.13 Å². The van der Waals surface area contributed by atoms with E-state index in [0.29, 0.717) is 23.2 Å². The van der Waals surface area contributed by atoms with Gasteiger partial charge in [0.15, 0.2) is 0 Å². The molecule has 0 fully saturated rings. The predicted molar refractivity (Wildman–Crippen MR) is 108 cm³/mol. The molecule has 134 valence electrons. The van der Waals surface area contributed by atoms with E-state index in [1.54, 1.807) is 4.90 Å². The van der Waals surface area contributed by atoms with Gasteiger partial charge < -0.3 is 0 Å². The van der Waals surface area contributed by atoms with Gasteiger partial charge in [0.05, 0.1) is 0 Å². The molecule has 0 aliphatic heterocycles. The molecule has 2 aromatic carbocycles. The molecule has 1 aromatic heterocycles. The highest BCUT2D eigenvalue weighted by atomic mass is 32.1. The molecule has 0 saturated carbocycles. The van der Waals surface area contributed by atoms with Crippen molar-refractivity contribution in [3.63, 3.8) is 0 Å². The molecular weight excluding hydrogens is 342 g/mol. The monoisotopic (exact) mass is 365 g/mol. The summed E-state index contributed by atoms with van der Waals surface area (Å²) in [5.41, 5.74) is 3.88. The molecule has 5 heteroatoms. The maximum Gasteiger partial charge on any atom is 0.260 e. The van der Waals surface area contributed by atoms with Gasteiger partial charge in [0.25, 0.3) is 5.91 Å². The smallest absolute Gasteiger partial charge is 0.260 e. The standard InChI is InChI=1S/C21H23N3OS/c1-14(2)13-24(20(25)18-12-8-6-10-16(18)4)21-23-22-19(26-21)17-11-7-5-9-15(17)3/h5-12,14H,13H2,1-4H3. The first-order valence-corrected chi connectivity index (χ1v) is 9.56. The second-order valence-electron chi connectivity index (χ2n) is 6.83. The van der Waals surface area contributed by atoms with Crippen LogP contribution in [0.25, 0.3) is 10.6 Å². The van der Waals surface area contributed by atoms with E-state index < -0.39 is 0 Å². The summed E-state index contributed by atoms with van der Waals surface area (Å²) in [6, 6.07) is 15.8. The molecule has 26 heavy (non-hydrogen) atoms. The number of hydrogen-bond donors (Lipinski definition) is 0. The minimum Gasteiger partial charge on any atom is -0.282 e. The number of carbonyl (C=O) groups excluding carboxylic acids is 1. The molecule has 1 heterocycles. The number of amides is 1. The van der Waals surface area contributed by atoms with Crippen LogP contribution in [0.2, 0.25) is 0 Å². The molecule has 4 nitrogen and oxygen atoms in total. The van der Waals surface area contributed by atoms with Gasteiger partial charge >= 0.3 is 0 Å². The Balaban J connectivity index is 1.98. The summed E-state index contributed by atoms with van der Waals surface area (Å²) < 4.78 is 0. The van der Waals surface area contributed by atoms with Gasteiger partial charge in [-0.15, -0.1) is 10.2 Å². The first-order chi connectivity index (χ1) is 12.5. The van der Waals surface area contributed by atoms with Crippen molar-refractivity contribution < 1.29 is 4.79 Å². The molecule has 0 aliphatic carbocycles. The van der Waals surface area contributed by atoms with Crippen LogP contribution in [0, 0.1) is 19.8 Å². The molecule has 0 saturated heterocycles. The molecule has 0 bridgehead atoms. The van der Waals surface area contributed by atoms with Crippen LogP contribution in [0.4, 0.5) is 5.13 Å². The zero-order valence-electron chi connectivity index (χ0n) is 15.6. The lowest BCUT2D eigenvalue weighted by molar-refractivity contribution is 0.0983.